The highest BCUT2D eigenvalue weighted by Gasteiger charge is 2.54. The standard InChI is InChI=1S/C89H101Cl3N10O29/c1-36(2)21-52(95-7)79(113)101-69-71(108)43-14-19-56(50(91)24-43)126-58-26-45-27-59(75(58)131-87-76(73(110)72(109)61(34-103)128-87)130-64-32-89(6,78(112)38(4)125-64)96-33-60(85(119)120)123-35-39-9-8-10-41(22-39)40-11-16-46(90)17-12-40)127-57-20-15-44(25-51(57)92)74(129-63-31-88(5,94)77(111)37(3)124-63)70-84(118)100-68(86(121)122)49-28-47(104)29-55(106)65(49)48-23-42(13-18-54(48)105)66(81(115)102-70)99-82(116)67(45)98-80(114)53(30-62(93)107)97-83(69)117/h8-20,22-29,36-38,52-53,60-61,63-64,66-74,76-78,87,95-96,103-106,108-112H,21,30-35,94H2,1-7H3,(H2,93,107)(H,97,117)(H,98,114)(H,99,116)(H,100,118)(H,101,113)(H,102,115)(H,119,120)(H,121,122)/t37?,38?,52-,53+,60?,61?,63?,64?,66?,67?,68-,69?,70+,71-,72?,73?,74-,76?,77?,78?,87?,88?,89?/m1/s1. The third kappa shape index (κ3) is 21.8. The Morgan fingerprint density at radius 3 is 1.89 bits per heavy atom. The molecule has 3 fully saturated rings. The highest BCUT2D eigenvalue weighted by atomic mass is 35.5. The number of carbonyl (C=O) groups is 9. The summed E-state index contributed by atoms with van der Waals surface area (Å²) in [5, 5.41) is 148. The number of hydrogen-bond acceptors (Lipinski definition) is 30. The summed E-state index contributed by atoms with van der Waals surface area (Å²) < 4.78 is 58.7. The topological polar surface area (TPSA) is 608 Å². The molecule has 0 radical (unpaired) electrons. The van der Waals surface area contributed by atoms with Crippen molar-refractivity contribution in [3.63, 3.8) is 0 Å². The third-order valence-corrected chi connectivity index (χ3v) is 24.5. The number of phenols is 3. The number of aliphatic carboxylic acids is 2. The van der Waals surface area contributed by atoms with Gasteiger partial charge in [-0.05, 0) is 159 Å². The molecule has 0 aromatic heterocycles. The summed E-state index contributed by atoms with van der Waals surface area (Å²) in [4.78, 5) is 134. The number of phenolic OH excluding ortho intramolecular Hbond substituents is 3. The smallest absolute Gasteiger partial charge is 0.334 e. The van der Waals surface area contributed by atoms with Gasteiger partial charge in [0.1, 0.15) is 89.5 Å². The monoisotopic (exact) mass is 1880 g/mol. The first kappa shape index (κ1) is 97.4. The van der Waals surface area contributed by atoms with Crippen molar-refractivity contribution >= 4 is 88.1 Å². The molecule has 3 saturated heterocycles. The number of hydrogen-bond donors (Lipinski definition) is 21. The van der Waals surface area contributed by atoms with Crippen molar-refractivity contribution in [1.82, 2.24) is 42.5 Å². The SMILES string of the molecule is CN[C@H](CC(C)C)C(=O)NC1C(=O)N[C@@H](CC(N)=O)C(=O)NC2C(=O)NC3C(=O)N[C@H](C(=O)N[C@@H](C(=O)O)c4cc(O)cc(O)c4-c4cc3ccc4O)[C@H](OC3CC(C)(N)C(O)C(C)O3)c3ccc(c(Cl)c3)Oc3cc2cc(c3OC2OC(CO)C(O)C(O)C2OC2CC(C)(NCC(OCc3cccc(-c4ccc(Cl)cc4)c3)C(=O)O)C(O)C(C)O2)Oc2ccc(cc2Cl)[C@H]1O. The van der Waals surface area contributed by atoms with E-state index in [1.54, 1.807) is 24.3 Å². The van der Waals surface area contributed by atoms with Gasteiger partial charge in [0.05, 0.1) is 60.1 Å². The van der Waals surface area contributed by atoms with E-state index < -0.39 is 303 Å². The fourth-order valence-electron chi connectivity index (χ4n) is 16.6. The zero-order valence-corrected chi connectivity index (χ0v) is 73.6. The molecule has 7 aromatic carbocycles. The molecule has 0 saturated carbocycles. The van der Waals surface area contributed by atoms with Crippen LogP contribution in [0.3, 0.4) is 0 Å². The first-order valence-corrected chi connectivity index (χ1v) is 42.8. The molecule has 131 heavy (non-hydrogen) atoms. The van der Waals surface area contributed by atoms with Crippen LogP contribution in [0.5, 0.6) is 46.0 Å². The Kier molecular flexibility index (Phi) is 30.1. The van der Waals surface area contributed by atoms with Gasteiger partial charge >= 0.3 is 11.9 Å². The maximum atomic E-state index is 16.6. The van der Waals surface area contributed by atoms with E-state index in [1.165, 1.54) is 52.9 Å². The van der Waals surface area contributed by atoms with Crippen LogP contribution in [0.25, 0.3) is 22.3 Å². The molecular weight excluding hydrogens is 1780 g/mol. The molecule has 17 unspecified atom stereocenters. The number of carboxylic acids is 2. The Morgan fingerprint density at radius 2 is 1.27 bits per heavy atom. The molecule has 0 aliphatic carbocycles. The number of amides is 7. The number of aromatic hydroxyl groups is 3. The Morgan fingerprint density at radius 1 is 0.641 bits per heavy atom. The average Bonchev–Trinajstić information content (AvgIpc) is 0.763. The van der Waals surface area contributed by atoms with Gasteiger partial charge in [0.2, 0.25) is 53.4 Å². The van der Waals surface area contributed by atoms with E-state index in [4.69, 9.17) is 88.9 Å². The number of ether oxygens (including phenoxy) is 9. The van der Waals surface area contributed by atoms with Gasteiger partial charge in [0.15, 0.2) is 42.3 Å². The van der Waals surface area contributed by atoms with Crippen molar-refractivity contribution in [3.8, 4) is 68.2 Å². The van der Waals surface area contributed by atoms with Crippen LogP contribution in [0.2, 0.25) is 15.1 Å². The maximum absolute atomic E-state index is 16.6. The van der Waals surface area contributed by atoms with Crippen LogP contribution in [0.4, 0.5) is 0 Å². The first-order chi connectivity index (χ1) is 62.0. The van der Waals surface area contributed by atoms with Crippen LogP contribution in [-0.2, 0) is 78.2 Å². The van der Waals surface area contributed by atoms with E-state index in [2.05, 4.69) is 42.5 Å². The minimum absolute atomic E-state index is 0.137. The summed E-state index contributed by atoms with van der Waals surface area (Å²) in [5.41, 5.74) is 8.69. The van der Waals surface area contributed by atoms with Crippen LogP contribution in [0.15, 0.2) is 127 Å². The van der Waals surface area contributed by atoms with Crippen LogP contribution in [0.1, 0.15) is 131 Å². The molecule has 0 spiro atoms. The van der Waals surface area contributed by atoms with Crippen molar-refractivity contribution in [1.29, 1.82) is 0 Å². The number of primary amides is 1. The van der Waals surface area contributed by atoms with E-state index in [0.717, 1.165) is 71.8 Å². The Balaban J connectivity index is 0.992. The van der Waals surface area contributed by atoms with Gasteiger partial charge < -0.3 is 153 Å². The van der Waals surface area contributed by atoms with Crippen LogP contribution in [0, 0.1) is 5.92 Å². The van der Waals surface area contributed by atoms with Crippen molar-refractivity contribution < 1.29 is 142 Å². The van der Waals surface area contributed by atoms with Gasteiger partial charge in [-0.2, -0.15) is 0 Å². The Bertz CT molecular complexity index is 5490. The summed E-state index contributed by atoms with van der Waals surface area (Å²) in [7, 11) is 1.46. The molecule has 7 amide bonds. The number of rotatable bonds is 23. The molecule has 8 aliphatic rings. The summed E-state index contributed by atoms with van der Waals surface area (Å²) >= 11 is 20.8. The predicted molar refractivity (Wildman–Crippen MR) is 463 cm³/mol. The predicted octanol–water partition coefficient (Wildman–Crippen LogP) is 3.97. The largest absolute Gasteiger partial charge is 0.508 e. The lowest BCUT2D eigenvalue weighted by molar-refractivity contribution is -0.334. The van der Waals surface area contributed by atoms with Crippen molar-refractivity contribution in [2.24, 2.45) is 17.4 Å². The number of fused-ring (bicyclic) bond motifs is 15. The summed E-state index contributed by atoms with van der Waals surface area (Å²) in [6.45, 7) is 7.84. The van der Waals surface area contributed by atoms with E-state index in [9.17, 15) is 75.3 Å². The number of aliphatic hydroxyl groups excluding tert-OH is 6. The van der Waals surface area contributed by atoms with Crippen LogP contribution >= 0.6 is 34.8 Å². The Hall–Kier alpha value is -11.2. The van der Waals surface area contributed by atoms with Crippen molar-refractivity contribution in [2.75, 3.05) is 20.2 Å². The highest BCUT2D eigenvalue weighted by molar-refractivity contribution is 6.32. The Labute approximate surface area is 763 Å². The number of halogens is 3. The number of aliphatic hydroxyl groups is 6. The molecule has 23 N–H and O–H groups in total. The second kappa shape index (κ2) is 40.5. The van der Waals surface area contributed by atoms with E-state index in [0.29, 0.717) is 10.6 Å². The summed E-state index contributed by atoms with van der Waals surface area (Å²) in [5.74, 6) is -18.0. The first-order valence-electron chi connectivity index (χ1n) is 41.7. The van der Waals surface area contributed by atoms with E-state index in [-0.39, 0.29) is 36.5 Å². The van der Waals surface area contributed by atoms with Crippen LogP contribution < -0.4 is 68.2 Å². The lowest BCUT2D eigenvalue weighted by atomic mass is 9.84. The van der Waals surface area contributed by atoms with E-state index >= 15 is 24.0 Å². The second-order valence-electron chi connectivity index (χ2n) is 33.9. The molecular formula is C89H101Cl3N10O29. The van der Waals surface area contributed by atoms with Crippen molar-refractivity contribution in [3.05, 3.63) is 176 Å². The quantitative estimate of drug-likeness (QED) is 0.0431. The molecule has 702 valence electrons. The van der Waals surface area contributed by atoms with Gasteiger partial charge in [-0.25, -0.2) is 9.59 Å². The van der Waals surface area contributed by atoms with Crippen molar-refractivity contribution in [2.45, 2.75) is 213 Å². The normalized spacial score (nSPS) is 29.1. The second-order valence-corrected chi connectivity index (χ2v) is 35.1. The highest BCUT2D eigenvalue weighted by Crippen LogP contribution is 2.51. The minimum atomic E-state index is -2.44. The molecule has 15 rings (SSSR count). The van der Waals surface area contributed by atoms with Gasteiger partial charge in [0, 0.05) is 58.2 Å². The average molecular weight is 1880 g/mol. The number of benzene rings is 7. The van der Waals surface area contributed by atoms with Gasteiger partial charge in [0.25, 0.3) is 0 Å². The number of nitrogens with two attached hydrogens (primary N) is 2. The minimum Gasteiger partial charge on any atom is -0.508 e. The van der Waals surface area contributed by atoms with Crippen LogP contribution in [-0.4, -0.2) is 239 Å². The third-order valence-electron chi connectivity index (χ3n) is 23.6. The van der Waals surface area contributed by atoms with Gasteiger partial charge in [-0.1, -0.05) is 97.2 Å². The number of carboxylic acid groups (broad SMARTS) is 2. The molecule has 7 aromatic rings. The molecule has 42 heteroatoms. The molecule has 11 bridgehead atoms. The summed E-state index contributed by atoms with van der Waals surface area (Å²) in [6, 6.07) is 13.3. The lowest BCUT2D eigenvalue weighted by Gasteiger charge is -2.48. The number of nitrogens with one attached hydrogen (secondary N) is 8. The zero-order valence-electron chi connectivity index (χ0n) is 71.3. The van der Waals surface area contributed by atoms with Gasteiger partial charge in [-0.15, -0.1) is 0 Å². The lowest BCUT2D eigenvalue weighted by Crippen LogP contribution is -2.66. The summed E-state index contributed by atoms with van der Waals surface area (Å²) in [6.07, 6.45) is -25.9. The molecule has 39 nitrogen and oxygen atoms in total. The molecule has 8 aliphatic heterocycles. The molecule has 23 atom stereocenters. The fraction of sp³-hybridized carbons (Fsp3) is 0.427. The molecule has 8 heterocycles. The number of likely N-dealkylation sites (N-methyl/N-ethyl adjacent to an activating group) is 1. The zero-order chi connectivity index (χ0) is 94.8. The van der Waals surface area contributed by atoms with Gasteiger partial charge in [-0.3, -0.25) is 33.6 Å². The maximum Gasteiger partial charge on any atom is 0.334 e. The van der Waals surface area contributed by atoms with E-state index in [1.807, 2.05) is 38.1 Å². The number of carbonyl (C=O) groups excluding carboxylic acids is 7. The fourth-order valence-corrected chi connectivity index (χ4v) is 17.2.